The molecule has 3 nitrogen and oxygen atoms in total. The second-order valence-electron chi connectivity index (χ2n) is 19.1. The Hall–Kier alpha value is -9.00. The minimum Gasteiger partial charge on any atom is -0.456 e. The lowest BCUT2D eigenvalue weighted by Gasteiger charge is -2.28. The molecule has 5 heteroatoms. The van der Waals surface area contributed by atoms with Crippen molar-refractivity contribution >= 4 is 173 Å². The van der Waals surface area contributed by atoms with E-state index in [-0.39, 0.29) is 0 Å². The van der Waals surface area contributed by atoms with E-state index in [9.17, 15) is 0 Å². The summed E-state index contributed by atoms with van der Waals surface area (Å²) in [6.45, 7) is 0. The molecule has 16 aromatic rings. The van der Waals surface area contributed by atoms with Crippen LogP contribution in [-0.4, -0.2) is 0 Å². The van der Waals surface area contributed by atoms with Crippen LogP contribution in [0.1, 0.15) is 0 Å². The van der Waals surface area contributed by atoms with Gasteiger partial charge in [0.05, 0.1) is 32.1 Å². The molecule has 3 aromatic heterocycles. The summed E-state index contributed by atoms with van der Waals surface area (Å²) in [6.07, 6.45) is 0. The van der Waals surface area contributed by atoms with E-state index in [1.807, 2.05) is 22.7 Å². The van der Waals surface area contributed by atoms with Crippen LogP contribution in [0.2, 0.25) is 0 Å². The summed E-state index contributed by atoms with van der Waals surface area (Å²) >= 11 is 3.73. The van der Waals surface area contributed by atoms with Crippen LogP contribution in [0.3, 0.4) is 0 Å². The van der Waals surface area contributed by atoms with Crippen LogP contribution in [0.4, 0.5) is 34.1 Å². The van der Waals surface area contributed by atoms with Crippen molar-refractivity contribution in [3.8, 4) is 0 Å². The molecule has 13 aromatic carbocycles. The van der Waals surface area contributed by atoms with Crippen LogP contribution >= 0.6 is 22.7 Å². The Balaban J connectivity index is 0.914. The number of rotatable bonds is 6. The third-order valence-corrected chi connectivity index (χ3v) is 17.6. The third kappa shape index (κ3) is 6.10. The van der Waals surface area contributed by atoms with Gasteiger partial charge in [-0.25, -0.2) is 0 Å². The van der Waals surface area contributed by atoms with Crippen molar-refractivity contribution in [1.82, 2.24) is 0 Å². The van der Waals surface area contributed by atoms with Crippen molar-refractivity contribution in [3.63, 3.8) is 0 Å². The zero-order chi connectivity index (χ0) is 47.7. The highest BCUT2D eigenvalue weighted by Gasteiger charge is 2.24. The van der Waals surface area contributed by atoms with Gasteiger partial charge in [-0.3, -0.25) is 0 Å². The van der Waals surface area contributed by atoms with Crippen molar-refractivity contribution in [1.29, 1.82) is 0 Å². The van der Waals surface area contributed by atoms with Gasteiger partial charge in [-0.1, -0.05) is 164 Å². The fourth-order valence-corrected chi connectivity index (χ4v) is 14.3. The van der Waals surface area contributed by atoms with Crippen LogP contribution < -0.4 is 9.80 Å². The zero-order valence-electron chi connectivity index (χ0n) is 39.2. The van der Waals surface area contributed by atoms with Gasteiger partial charge >= 0.3 is 0 Å². The van der Waals surface area contributed by atoms with E-state index < -0.39 is 0 Å². The zero-order valence-corrected chi connectivity index (χ0v) is 40.8. The molecular formula is C68H40N2OS2. The Bertz CT molecular complexity index is 4950. The molecule has 0 spiro atoms. The van der Waals surface area contributed by atoms with Crippen LogP contribution in [0.25, 0.3) is 116 Å². The normalized spacial score (nSPS) is 12.1. The number of furan rings is 1. The molecule has 0 atom stereocenters. The van der Waals surface area contributed by atoms with E-state index in [4.69, 9.17) is 4.42 Å². The molecule has 0 aliphatic rings. The lowest BCUT2D eigenvalue weighted by molar-refractivity contribution is 0.669. The Morgan fingerprint density at radius 3 is 1.23 bits per heavy atom. The molecule has 0 aliphatic heterocycles. The lowest BCUT2D eigenvalue weighted by Crippen LogP contribution is -2.10. The molecule has 73 heavy (non-hydrogen) atoms. The first kappa shape index (κ1) is 40.7. The highest BCUT2D eigenvalue weighted by Crippen LogP contribution is 2.50. The monoisotopic (exact) mass is 964 g/mol. The summed E-state index contributed by atoms with van der Waals surface area (Å²) < 4.78 is 12.0. The van der Waals surface area contributed by atoms with Crippen molar-refractivity contribution in [2.24, 2.45) is 0 Å². The largest absolute Gasteiger partial charge is 0.456 e. The predicted octanol–water partition coefficient (Wildman–Crippen LogP) is 21.0. The van der Waals surface area contributed by atoms with Crippen molar-refractivity contribution < 1.29 is 4.42 Å². The highest BCUT2D eigenvalue weighted by molar-refractivity contribution is 7.26. The Labute approximate surface area is 427 Å². The third-order valence-electron chi connectivity index (χ3n) is 15.2. The van der Waals surface area contributed by atoms with Crippen molar-refractivity contribution in [2.75, 3.05) is 9.80 Å². The van der Waals surface area contributed by atoms with Crippen LogP contribution in [0, 0.1) is 0 Å². The second-order valence-corrected chi connectivity index (χ2v) is 21.2. The first-order valence-electron chi connectivity index (χ1n) is 24.8. The average Bonchev–Trinajstić information content (AvgIpc) is 4.15. The molecule has 3 heterocycles. The van der Waals surface area contributed by atoms with Crippen LogP contribution in [0.5, 0.6) is 0 Å². The summed E-state index contributed by atoms with van der Waals surface area (Å²) in [7, 11) is 0. The average molecular weight is 965 g/mol. The summed E-state index contributed by atoms with van der Waals surface area (Å²) in [6, 6.07) is 89.3. The Morgan fingerprint density at radius 2 is 0.644 bits per heavy atom. The minimum atomic E-state index is 0.865. The number of nitrogens with zero attached hydrogens (tertiary/aromatic N) is 2. The number of benzene rings is 13. The number of hydrogen-bond acceptors (Lipinski definition) is 5. The fraction of sp³-hybridized carbons (Fsp3) is 0. The SMILES string of the molecule is c1ccc2c(N(c3ccc4oc5cc6c7ccc(N(c8cccc9ccccc89)c8cccc9c8sc8ccccc89)cc7c7ccccc7c6cc5c4c3)c3cccc4c3sc3ccccc34)cccc2c1. The van der Waals surface area contributed by atoms with Gasteiger partial charge in [0, 0.05) is 63.9 Å². The predicted molar refractivity (Wildman–Crippen MR) is 316 cm³/mol. The molecule has 0 saturated heterocycles. The fourth-order valence-electron chi connectivity index (χ4n) is 11.9. The van der Waals surface area contributed by atoms with Gasteiger partial charge in [-0.15, -0.1) is 22.7 Å². The Morgan fingerprint density at radius 1 is 0.247 bits per heavy atom. The van der Waals surface area contributed by atoms with Gasteiger partial charge in [-0.05, 0) is 122 Å². The van der Waals surface area contributed by atoms with E-state index in [1.54, 1.807) is 0 Å². The first-order chi connectivity index (χ1) is 36.2. The van der Waals surface area contributed by atoms with E-state index >= 15 is 0 Å². The maximum atomic E-state index is 6.91. The molecule has 0 fully saturated rings. The summed E-state index contributed by atoms with van der Waals surface area (Å²) in [5.41, 5.74) is 8.53. The molecule has 0 bridgehead atoms. The molecule has 340 valence electrons. The van der Waals surface area contributed by atoms with E-state index in [0.717, 1.165) is 50.4 Å². The number of fused-ring (bicyclic) bond motifs is 17. The van der Waals surface area contributed by atoms with Gasteiger partial charge in [0.15, 0.2) is 0 Å². The van der Waals surface area contributed by atoms with E-state index in [2.05, 4.69) is 252 Å². The molecule has 0 unspecified atom stereocenters. The van der Waals surface area contributed by atoms with Gasteiger partial charge in [0.1, 0.15) is 11.2 Å². The molecule has 0 aliphatic carbocycles. The summed E-state index contributed by atoms with van der Waals surface area (Å²) in [4.78, 5) is 4.95. The quantitative estimate of drug-likeness (QED) is 0.155. The minimum absolute atomic E-state index is 0.865. The topological polar surface area (TPSA) is 19.6 Å². The van der Waals surface area contributed by atoms with Crippen LogP contribution in [-0.2, 0) is 0 Å². The summed E-state index contributed by atoms with van der Waals surface area (Å²) in [5, 5.41) is 19.3. The smallest absolute Gasteiger partial charge is 0.136 e. The second kappa shape index (κ2) is 15.8. The van der Waals surface area contributed by atoms with E-state index in [1.165, 1.54) is 99.9 Å². The van der Waals surface area contributed by atoms with Crippen molar-refractivity contribution in [2.45, 2.75) is 0 Å². The first-order valence-corrected chi connectivity index (χ1v) is 26.4. The van der Waals surface area contributed by atoms with Gasteiger partial charge in [0.25, 0.3) is 0 Å². The van der Waals surface area contributed by atoms with Gasteiger partial charge in [-0.2, -0.15) is 0 Å². The molecular weight excluding hydrogens is 925 g/mol. The van der Waals surface area contributed by atoms with Crippen LogP contribution in [0.15, 0.2) is 247 Å². The van der Waals surface area contributed by atoms with E-state index in [0.29, 0.717) is 0 Å². The standard InChI is InChI=1S/C68H40N2OS2/c1-3-19-45-41(15-1)17-11-27-59(45)69(61-29-13-25-52-50-23-7-9-31-65(50)72-67(52)61)43-33-35-49-54(37-43)47-21-5-6-22-48(47)55-39-58-57-38-44(34-36-63(57)71-64(58)40-56(49)55)70(60-28-12-18-42-16-2-4-20-46(42)60)62-30-14-26-53-51-24-8-10-32-66(51)73-68(53)62/h1-40H. The molecule has 16 rings (SSSR count). The maximum Gasteiger partial charge on any atom is 0.136 e. The number of thiophene rings is 2. The maximum absolute atomic E-state index is 6.91. The molecule has 0 N–H and O–H groups in total. The summed E-state index contributed by atoms with van der Waals surface area (Å²) in [5.74, 6) is 0. The van der Waals surface area contributed by atoms with Gasteiger partial charge in [0.2, 0.25) is 0 Å². The molecule has 0 amide bonds. The highest BCUT2D eigenvalue weighted by atomic mass is 32.1. The molecule has 0 radical (unpaired) electrons. The number of hydrogen-bond donors (Lipinski definition) is 0. The van der Waals surface area contributed by atoms with Crippen molar-refractivity contribution in [3.05, 3.63) is 243 Å². The Kier molecular flexibility index (Phi) is 8.78. The number of anilines is 6. The lowest BCUT2D eigenvalue weighted by atomic mass is 9.92. The van der Waals surface area contributed by atoms with Gasteiger partial charge < -0.3 is 14.2 Å². The molecule has 0 saturated carbocycles.